The zero-order valence-corrected chi connectivity index (χ0v) is 7.73. The number of phenols is 1. The Labute approximate surface area is 77.3 Å². The summed E-state index contributed by atoms with van der Waals surface area (Å²) in [5, 5.41) is 9.87. The first-order chi connectivity index (χ1) is 5.61. The van der Waals surface area contributed by atoms with Crippen molar-refractivity contribution in [3.05, 3.63) is 40.9 Å². The summed E-state index contributed by atoms with van der Waals surface area (Å²) in [7, 11) is 0. The van der Waals surface area contributed by atoms with Crippen molar-refractivity contribution in [1.82, 2.24) is 0 Å². The number of para-hydroxylation sites is 1. The van der Waals surface area contributed by atoms with E-state index < -0.39 is 0 Å². The smallest absolute Gasteiger partial charge is 0.137 e. The number of rotatable bonds is 2. The molecule has 0 aliphatic heterocycles. The maximum absolute atomic E-state index is 9.47. The second-order valence-electron chi connectivity index (χ2n) is 2.88. The van der Waals surface area contributed by atoms with E-state index in [1.807, 2.05) is 19.1 Å². The van der Waals surface area contributed by atoms with Crippen LogP contribution in [0.5, 0.6) is 5.75 Å². The van der Waals surface area contributed by atoms with Gasteiger partial charge in [-0.3, -0.25) is 0 Å². The first-order valence-corrected chi connectivity index (χ1v) is 4.10. The number of phenolic OH excluding ortho intramolecular Hbond substituents is 1. The van der Waals surface area contributed by atoms with Gasteiger partial charge in [0, 0.05) is 0 Å². The van der Waals surface area contributed by atoms with Crippen LogP contribution in [0.3, 0.4) is 0 Å². The van der Waals surface area contributed by atoms with Gasteiger partial charge in [-0.25, -0.2) is 0 Å². The lowest BCUT2D eigenvalue weighted by Gasteiger charge is -2.04. The van der Waals surface area contributed by atoms with Gasteiger partial charge < -0.3 is 5.11 Å². The molecular formula is C10H11ClO. The highest BCUT2D eigenvalue weighted by Gasteiger charge is 2.03. The highest BCUT2D eigenvalue weighted by atomic mass is 35.5. The lowest BCUT2D eigenvalue weighted by atomic mass is 10.1. The van der Waals surface area contributed by atoms with E-state index in [1.165, 1.54) is 0 Å². The molecule has 0 saturated carbocycles. The molecule has 0 radical (unpaired) electrons. The number of benzene rings is 1. The molecule has 0 unspecified atom stereocenters. The summed E-state index contributed by atoms with van der Waals surface area (Å²) in [6, 6.07) is 5.33. The molecular weight excluding hydrogens is 172 g/mol. The molecule has 64 valence electrons. The molecule has 1 aromatic rings. The van der Waals surface area contributed by atoms with Crippen molar-refractivity contribution in [3.8, 4) is 5.75 Å². The van der Waals surface area contributed by atoms with Crippen LogP contribution in [0.1, 0.15) is 12.5 Å². The van der Waals surface area contributed by atoms with Crippen molar-refractivity contribution in [2.45, 2.75) is 13.3 Å². The Balaban J connectivity index is 3.00. The highest BCUT2D eigenvalue weighted by molar-refractivity contribution is 6.32. The van der Waals surface area contributed by atoms with E-state index in [-0.39, 0.29) is 5.75 Å². The molecule has 0 bridgehead atoms. The molecule has 0 fully saturated rings. The lowest BCUT2D eigenvalue weighted by Crippen LogP contribution is -1.86. The third-order valence-corrected chi connectivity index (χ3v) is 1.87. The quantitative estimate of drug-likeness (QED) is 0.697. The van der Waals surface area contributed by atoms with E-state index in [0.29, 0.717) is 11.4 Å². The summed E-state index contributed by atoms with van der Waals surface area (Å²) in [6.45, 7) is 5.68. The van der Waals surface area contributed by atoms with Gasteiger partial charge in [-0.15, -0.1) is 0 Å². The molecule has 12 heavy (non-hydrogen) atoms. The van der Waals surface area contributed by atoms with Gasteiger partial charge in [-0.2, -0.15) is 0 Å². The van der Waals surface area contributed by atoms with E-state index in [2.05, 4.69) is 6.58 Å². The minimum atomic E-state index is 0.169. The van der Waals surface area contributed by atoms with Crippen molar-refractivity contribution < 1.29 is 5.11 Å². The monoisotopic (exact) mass is 182 g/mol. The molecule has 0 atom stereocenters. The van der Waals surface area contributed by atoms with Crippen molar-refractivity contribution in [2.75, 3.05) is 0 Å². The van der Waals surface area contributed by atoms with E-state index in [4.69, 9.17) is 11.6 Å². The molecule has 1 rings (SSSR count). The zero-order chi connectivity index (χ0) is 9.14. The summed E-state index contributed by atoms with van der Waals surface area (Å²) >= 11 is 5.72. The van der Waals surface area contributed by atoms with Crippen molar-refractivity contribution in [2.24, 2.45) is 0 Å². The molecule has 0 saturated heterocycles. The van der Waals surface area contributed by atoms with Gasteiger partial charge in [0.1, 0.15) is 5.75 Å². The third-order valence-electron chi connectivity index (χ3n) is 1.56. The van der Waals surface area contributed by atoms with Gasteiger partial charge in [0.15, 0.2) is 0 Å². The van der Waals surface area contributed by atoms with E-state index >= 15 is 0 Å². The van der Waals surface area contributed by atoms with Crippen LogP contribution >= 0.6 is 11.6 Å². The van der Waals surface area contributed by atoms with Gasteiger partial charge >= 0.3 is 0 Å². The topological polar surface area (TPSA) is 20.2 Å². The maximum atomic E-state index is 9.47. The zero-order valence-electron chi connectivity index (χ0n) is 6.97. The number of allylic oxidation sites excluding steroid dienone is 1. The summed E-state index contributed by atoms with van der Waals surface area (Å²) in [4.78, 5) is 0. The van der Waals surface area contributed by atoms with Crippen LogP contribution in [0.2, 0.25) is 5.02 Å². The van der Waals surface area contributed by atoms with Crippen molar-refractivity contribution >= 4 is 11.6 Å². The first kappa shape index (κ1) is 9.14. The largest absolute Gasteiger partial charge is 0.506 e. The number of hydrogen-bond acceptors (Lipinski definition) is 1. The SMILES string of the molecule is C=C(C)Cc1cccc(Cl)c1O. The standard InChI is InChI=1S/C10H11ClO/c1-7(2)6-8-4-3-5-9(11)10(8)12/h3-5,12H,1,6H2,2H3. The summed E-state index contributed by atoms with van der Waals surface area (Å²) in [6.07, 6.45) is 0.673. The molecule has 0 aliphatic carbocycles. The van der Waals surface area contributed by atoms with Crippen LogP contribution in [0.15, 0.2) is 30.4 Å². The second-order valence-corrected chi connectivity index (χ2v) is 3.29. The fraction of sp³-hybridized carbons (Fsp3) is 0.200. The lowest BCUT2D eigenvalue weighted by molar-refractivity contribution is 0.469. The highest BCUT2D eigenvalue weighted by Crippen LogP contribution is 2.28. The summed E-state index contributed by atoms with van der Waals surface area (Å²) < 4.78 is 0. The van der Waals surface area contributed by atoms with Crippen LogP contribution in [0.4, 0.5) is 0 Å². The molecule has 0 amide bonds. The average molecular weight is 183 g/mol. The molecule has 0 aromatic heterocycles. The predicted molar refractivity (Wildman–Crippen MR) is 51.6 cm³/mol. The van der Waals surface area contributed by atoms with Crippen LogP contribution in [0, 0.1) is 0 Å². The molecule has 1 nitrogen and oxygen atoms in total. The normalized spacial score (nSPS) is 9.83. The summed E-state index contributed by atoms with van der Waals surface area (Å²) in [5.41, 5.74) is 1.84. The molecule has 2 heteroatoms. The van der Waals surface area contributed by atoms with Crippen LogP contribution in [0.25, 0.3) is 0 Å². The van der Waals surface area contributed by atoms with E-state index in [1.54, 1.807) is 6.07 Å². The Bertz CT molecular complexity index is 305. The fourth-order valence-corrected chi connectivity index (χ4v) is 1.22. The van der Waals surface area contributed by atoms with Gasteiger partial charge in [0.2, 0.25) is 0 Å². The minimum absolute atomic E-state index is 0.169. The minimum Gasteiger partial charge on any atom is -0.506 e. The van der Waals surface area contributed by atoms with E-state index in [0.717, 1.165) is 11.1 Å². The van der Waals surface area contributed by atoms with Gasteiger partial charge in [0.25, 0.3) is 0 Å². The Hall–Kier alpha value is -0.950. The molecule has 0 spiro atoms. The van der Waals surface area contributed by atoms with Crippen LogP contribution < -0.4 is 0 Å². The predicted octanol–water partition coefficient (Wildman–Crippen LogP) is 3.16. The first-order valence-electron chi connectivity index (χ1n) is 3.72. The Morgan fingerprint density at radius 1 is 1.58 bits per heavy atom. The number of halogens is 1. The van der Waals surface area contributed by atoms with Gasteiger partial charge in [-0.05, 0) is 25.0 Å². The molecule has 1 N–H and O–H groups in total. The van der Waals surface area contributed by atoms with Gasteiger partial charge in [-0.1, -0.05) is 35.9 Å². The Kier molecular flexibility index (Phi) is 2.77. The Morgan fingerprint density at radius 3 is 2.83 bits per heavy atom. The third kappa shape index (κ3) is 2.02. The fourth-order valence-electron chi connectivity index (χ4n) is 1.03. The van der Waals surface area contributed by atoms with Gasteiger partial charge in [0.05, 0.1) is 5.02 Å². The van der Waals surface area contributed by atoms with Crippen molar-refractivity contribution in [1.29, 1.82) is 0 Å². The average Bonchev–Trinajstić information content (AvgIpc) is 1.98. The molecule has 0 heterocycles. The van der Waals surface area contributed by atoms with E-state index in [9.17, 15) is 5.11 Å². The maximum Gasteiger partial charge on any atom is 0.137 e. The van der Waals surface area contributed by atoms with Crippen LogP contribution in [-0.4, -0.2) is 5.11 Å². The molecule has 1 aromatic carbocycles. The number of hydrogen-bond donors (Lipinski definition) is 1. The summed E-state index contributed by atoms with van der Waals surface area (Å²) in [5.74, 6) is 0.169. The second kappa shape index (κ2) is 3.63. The number of aromatic hydroxyl groups is 1. The molecule has 0 aliphatic rings. The Morgan fingerprint density at radius 2 is 2.25 bits per heavy atom. The van der Waals surface area contributed by atoms with Crippen LogP contribution in [-0.2, 0) is 6.42 Å². The van der Waals surface area contributed by atoms with Crippen molar-refractivity contribution in [3.63, 3.8) is 0 Å².